The molecule has 4 rings (SSSR count). The Balaban J connectivity index is 1.68. The first-order chi connectivity index (χ1) is 13.0. The smallest absolute Gasteiger partial charge is 0.326 e. The molecule has 5 amide bonds. The van der Waals surface area contributed by atoms with Gasteiger partial charge in [0.25, 0.3) is 0 Å². The van der Waals surface area contributed by atoms with Crippen molar-refractivity contribution >= 4 is 18.0 Å². The molecule has 2 aromatic rings. The van der Waals surface area contributed by atoms with E-state index in [0.29, 0.717) is 5.56 Å². The molecule has 2 aliphatic rings. The predicted molar refractivity (Wildman–Crippen MR) is 93.6 cm³/mol. The lowest BCUT2D eigenvalue weighted by atomic mass is 9.86. The van der Waals surface area contributed by atoms with Crippen LogP contribution in [0, 0.1) is 11.7 Å². The summed E-state index contributed by atoms with van der Waals surface area (Å²) < 4.78 is 13.3. The van der Waals surface area contributed by atoms with Crippen LogP contribution in [0.3, 0.4) is 0 Å². The summed E-state index contributed by atoms with van der Waals surface area (Å²) in [5.41, 5.74) is 1.46. The molecule has 27 heavy (non-hydrogen) atoms. The predicted octanol–water partition coefficient (Wildman–Crippen LogP) is 1.87. The monoisotopic (exact) mass is 368 g/mol. The Morgan fingerprint density at radius 3 is 2.33 bits per heavy atom. The Morgan fingerprint density at radius 1 is 0.926 bits per heavy atom. The summed E-state index contributed by atoms with van der Waals surface area (Å²) in [6.07, 6.45) is -0.810. The number of carbonyl (C=O) groups excluding carboxylic acids is 3. The van der Waals surface area contributed by atoms with Gasteiger partial charge in [0.1, 0.15) is 17.9 Å². The zero-order valence-electron chi connectivity index (χ0n) is 14.2. The average Bonchev–Trinajstić information content (AvgIpc) is 2.65. The lowest BCUT2D eigenvalue weighted by Crippen LogP contribution is -2.71. The Bertz CT molecular complexity index is 888. The zero-order chi connectivity index (χ0) is 19.0. The van der Waals surface area contributed by atoms with Crippen LogP contribution in [-0.4, -0.2) is 29.0 Å². The van der Waals surface area contributed by atoms with Gasteiger partial charge in [-0.2, -0.15) is 0 Å². The number of rotatable bonds is 3. The van der Waals surface area contributed by atoms with Gasteiger partial charge in [-0.1, -0.05) is 42.5 Å². The molecule has 3 unspecified atom stereocenters. The first-order valence-electron chi connectivity index (χ1n) is 8.51. The Morgan fingerprint density at radius 2 is 1.63 bits per heavy atom. The van der Waals surface area contributed by atoms with Gasteiger partial charge >= 0.3 is 12.1 Å². The van der Waals surface area contributed by atoms with Gasteiger partial charge in [-0.25, -0.2) is 14.0 Å². The molecule has 3 N–H and O–H groups in total. The second-order valence-corrected chi connectivity index (χ2v) is 6.53. The highest BCUT2D eigenvalue weighted by molar-refractivity contribution is 6.00. The summed E-state index contributed by atoms with van der Waals surface area (Å²) in [5.74, 6) is -1.66. The second-order valence-electron chi connectivity index (χ2n) is 6.53. The van der Waals surface area contributed by atoms with E-state index in [1.54, 1.807) is 0 Å². The number of hydrogen-bond acceptors (Lipinski definition) is 3. The van der Waals surface area contributed by atoms with Gasteiger partial charge in [-0.3, -0.25) is 15.0 Å². The molecule has 3 atom stereocenters. The molecule has 0 aromatic heterocycles. The normalized spacial score (nSPS) is 24.6. The molecule has 7 nitrogen and oxygen atoms in total. The molecule has 2 saturated heterocycles. The number of imide groups is 1. The third-order valence-corrected chi connectivity index (χ3v) is 4.82. The van der Waals surface area contributed by atoms with Crippen molar-refractivity contribution in [2.24, 2.45) is 5.92 Å². The maximum atomic E-state index is 13.3. The van der Waals surface area contributed by atoms with Crippen molar-refractivity contribution in [2.45, 2.75) is 18.8 Å². The molecule has 2 heterocycles. The van der Waals surface area contributed by atoms with Crippen LogP contribution in [0.25, 0.3) is 0 Å². The summed E-state index contributed by atoms with van der Waals surface area (Å²) in [6.45, 7) is 0.234. The van der Waals surface area contributed by atoms with Gasteiger partial charge in [0.05, 0.1) is 6.04 Å². The van der Waals surface area contributed by atoms with E-state index >= 15 is 0 Å². The summed E-state index contributed by atoms with van der Waals surface area (Å²) in [7, 11) is 0. The Hall–Kier alpha value is -3.42. The highest BCUT2D eigenvalue weighted by Crippen LogP contribution is 2.32. The number of hydrogen-bond donors (Lipinski definition) is 3. The van der Waals surface area contributed by atoms with E-state index in [0.717, 1.165) is 5.56 Å². The Labute approximate surface area is 154 Å². The first kappa shape index (κ1) is 17.0. The molecule has 8 heteroatoms. The van der Waals surface area contributed by atoms with Crippen LogP contribution in [-0.2, 0) is 11.3 Å². The quantitative estimate of drug-likeness (QED) is 0.773. The molecule has 2 aliphatic heterocycles. The molecule has 138 valence electrons. The zero-order valence-corrected chi connectivity index (χ0v) is 14.2. The summed E-state index contributed by atoms with van der Waals surface area (Å²) in [4.78, 5) is 38.6. The molecule has 0 spiro atoms. The van der Waals surface area contributed by atoms with E-state index in [-0.39, 0.29) is 6.54 Å². The summed E-state index contributed by atoms with van der Waals surface area (Å²) in [5, 5.41) is 7.75. The molecule has 0 aliphatic carbocycles. The maximum absolute atomic E-state index is 13.3. The molecule has 0 bridgehead atoms. The number of fused-ring (bicyclic) bond motifs is 1. The van der Waals surface area contributed by atoms with E-state index in [4.69, 9.17) is 0 Å². The number of halogens is 1. The van der Waals surface area contributed by atoms with Crippen molar-refractivity contribution in [3.05, 3.63) is 71.5 Å². The van der Waals surface area contributed by atoms with Gasteiger partial charge < -0.3 is 10.6 Å². The lowest BCUT2D eigenvalue weighted by molar-refractivity contribution is -0.130. The van der Waals surface area contributed by atoms with Crippen LogP contribution in [0.2, 0.25) is 0 Å². The molecule has 0 radical (unpaired) electrons. The molecule has 0 saturated carbocycles. The lowest BCUT2D eigenvalue weighted by Gasteiger charge is -2.46. The maximum Gasteiger partial charge on any atom is 0.326 e. The fourth-order valence-electron chi connectivity index (χ4n) is 3.54. The van der Waals surface area contributed by atoms with E-state index in [1.807, 2.05) is 30.3 Å². The fourth-order valence-corrected chi connectivity index (χ4v) is 3.54. The Kier molecular flexibility index (Phi) is 4.23. The van der Waals surface area contributed by atoms with E-state index in [2.05, 4.69) is 16.0 Å². The number of urea groups is 2. The van der Waals surface area contributed by atoms with Crippen LogP contribution < -0.4 is 16.0 Å². The number of amides is 5. The second kappa shape index (κ2) is 6.71. The minimum atomic E-state index is -0.810. The highest BCUT2D eigenvalue weighted by atomic mass is 19.1. The minimum absolute atomic E-state index is 0.234. The van der Waals surface area contributed by atoms with Gasteiger partial charge in [0.2, 0.25) is 5.91 Å². The van der Waals surface area contributed by atoms with Gasteiger partial charge in [0.15, 0.2) is 0 Å². The van der Waals surface area contributed by atoms with E-state index in [1.165, 1.54) is 29.2 Å². The van der Waals surface area contributed by atoms with Crippen molar-refractivity contribution in [2.75, 3.05) is 0 Å². The molecule has 2 fully saturated rings. The molecule has 2 aromatic carbocycles. The van der Waals surface area contributed by atoms with Crippen LogP contribution in [0.1, 0.15) is 17.2 Å². The van der Waals surface area contributed by atoms with Crippen molar-refractivity contribution in [3.8, 4) is 0 Å². The van der Waals surface area contributed by atoms with E-state index in [9.17, 15) is 18.8 Å². The number of benzene rings is 2. The fraction of sp³-hybridized carbons (Fsp3) is 0.211. The topological polar surface area (TPSA) is 90.5 Å². The summed E-state index contributed by atoms with van der Waals surface area (Å²) in [6, 6.07) is 13.1. The van der Waals surface area contributed by atoms with Crippen molar-refractivity contribution in [1.82, 2.24) is 20.9 Å². The van der Waals surface area contributed by atoms with Gasteiger partial charge in [0, 0.05) is 6.54 Å². The van der Waals surface area contributed by atoms with Gasteiger partial charge in [-0.05, 0) is 23.3 Å². The van der Waals surface area contributed by atoms with Crippen LogP contribution >= 0.6 is 0 Å². The van der Waals surface area contributed by atoms with Crippen molar-refractivity contribution in [1.29, 1.82) is 0 Å². The molecular weight excluding hydrogens is 351 g/mol. The van der Waals surface area contributed by atoms with Gasteiger partial charge in [-0.15, -0.1) is 0 Å². The number of nitrogens with one attached hydrogen (secondary N) is 3. The highest BCUT2D eigenvalue weighted by Gasteiger charge is 2.49. The van der Waals surface area contributed by atoms with E-state index < -0.39 is 41.9 Å². The average molecular weight is 368 g/mol. The number of nitrogens with zero attached hydrogens (tertiary/aromatic N) is 1. The number of carbonyl (C=O) groups is 3. The largest absolute Gasteiger partial charge is 0.330 e. The third kappa shape index (κ3) is 3.21. The van der Waals surface area contributed by atoms with Crippen LogP contribution in [0.4, 0.5) is 14.0 Å². The minimum Gasteiger partial charge on any atom is -0.330 e. The summed E-state index contributed by atoms with van der Waals surface area (Å²) >= 11 is 0. The third-order valence-electron chi connectivity index (χ3n) is 4.82. The molecular formula is C19H17FN4O3. The first-order valence-corrected chi connectivity index (χ1v) is 8.51. The van der Waals surface area contributed by atoms with Crippen LogP contribution in [0.5, 0.6) is 0 Å². The van der Waals surface area contributed by atoms with Crippen LogP contribution in [0.15, 0.2) is 54.6 Å². The standard InChI is InChI=1S/C19H17FN4O3/c20-13-8-6-12(7-9-13)15-14-16(22-18(26)21-15)24(19(27)23-17(14)25)10-11-4-2-1-3-5-11/h1-9,14-16H,10H2,(H2,21,22,26)(H,23,25,27). The van der Waals surface area contributed by atoms with Crippen molar-refractivity contribution in [3.63, 3.8) is 0 Å². The SMILES string of the molecule is O=C1NC(c2ccc(F)cc2)C2C(=O)NC(=O)N(Cc3ccccc3)C2N1. The van der Waals surface area contributed by atoms with Crippen molar-refractivity contribution < 1.29 is 18.8 Å².